The molecule has 0 saturated heterocycles. The van der Waals surface area contributed by atoms with E-state index in [1.807, 2.05) is 13.8 Å². The standard InChI is InChI=1S/C13H14FN7/c1-7(2)21-5-8-12(20-21)9(14)4-16-13(8)19-11-3-10(15)17-6-18-11/h3-7H,1-2H3,(H3,15,16,17,18,19). The molecule has 0 atom stereocenters. The Balaban J connectivity index is 2.08. The van der Waals surface area contributed by atoms with E-state index in [1.165, 1.54) is 6.33 Å². The van der Waals surface area contributed by atoms with Crippen LogP contribution in [0, 0.1) is 5.82 Å². The predicted molar refractivity (Wildman–Crippen MR) is 77.6 cm³/mol. The first kappa shape index (κ1) is 13.2. The van der Waals surface area contributed by atoms with Crippen LogP contribution in [0.5, 0.6) is 0 Å². The zero-order valence-electron chi connectivity index (χ0n) is 11.6. The molecule has 0 amide bonds. The van der Waals surface area contributed by atoms with Crippen LogP contribution in [0.1, 0.15) is 19.9 Å². The first-order valence-corrected chi connectivity index (χ1v) is 6.42. The van der Waals surface area contributed by atoms with Gasteiger partial charge in [-0.2, -0.15) is 5.10 Å². The second kappa shape index (κ2) is 4.97. The van der Waals surface area contributed by atoms with Crippen LogP contribution in [0.25, 0.3) is 10.9 Å². The summed E-state index contributed by atoms with van der Waals surface area (Å²) in [5.41, 5.74) is 5.87. The van der Waals surface area contributed by atoms with E-state index in [1.54, 1.807) is 16.9 Å². The van der Waals surface area contributed by atoms with E-state index < -0.39 is 5.82 Å². The van der Waals surface area contributed by atoms with Crippen molar-refractivity contribution < 1.29 is 4.39 Å². The molecule has 0 unspecified atom stereocenters. The summed E-state index contributed by atoms with van der Waals surface area (Å²) in [6.45, 7) is 3.94. The van der Waals surface area contributed by atoms with Crippen LogP contribution in [0.3, 0.4) is 0 Å². The van der Waals surface area contributed by atoms with Crippen LogP contribution in [0.4, 0.5) is 21.8 Å². The minimum Gasteiger partial charge on any atom is -0.384 e. The van der Waals surface area contributed by atoms with Gasteiger partial charge < -0.3 is 11.1 Å². The van der Waals surface area contributed by atoms with Crippen LogP contribution >= 0.6 is 0 Å². The summed E-state index contributed by atoms with van der Waals surface area (Å²) in [7, 11) is 0. The summed E-state index contributed by atoms with van der Waals surface area (Å²) in [6.07, 6.45) is 4.23. The fourth-order valence-electron chi connectivity index (χ4n) is 1.92. The molecule has 3 aromatic heterocycles. The van der Waals surface area contributed by atoms with E-state index in [4.69, 9.17) is 5.73 Å². The number of aromatic nitrogens is 5. The topological polar surface area (TPSA) is 94.5 Å². The predicted octanol–water partition coefficient (Wildman–Crippen LogP) is 2.27. The van der Waals surface area contributed by atoms with Crippen LogP contribution in [0.2, 0.25) is 0 Å². The Bertz CT molecular complexity index is 796. The van der Waals surface area contributed by atoms with Crippen molar-refractivity contribution in [3.63, 3.8) is 0 Å². The lowest BCUT2D eigenvalue weighted by atomic mass is 10.3. The van der Waals surface area contributed by atoms with Gasteiger partial charge in [0.05, 0.1) is 11.6 Å². The van der Waals surface area contributed by atoms with Gasteiger partial charge in [0.25, 0.3) is 0 Å². The average Bonchev–Trinajstić information content (AvgIpc) is 2.88. The van der Waals surface area contributed by atoms with Crippen molar-refractivity contribution in [2.75, 3.05) is 11.1 Å². The van der Waals surface area contributed by atoms with E-state index in [0.717, 1.165) is 6.20 Å². The smallest absolute Gasteiger partial charge is 0.169 e. The summed E-state index contributed by atoms with van der Waals surface area (Å²) in [6, 6.07) is 1.70. The summed E-state index contributed by atoms with van der Waals surface area (Å²) in [4.78, 5) is 11.9. The van der Waals surface area contributed by atoms with E-state index in [9.17, 15) is 4.39 Å². The molecule has 7 nitrogen and oxygen atoms in total. The Morgan fingerprint density at radius 1 is 1.29 bits per heavy atom. The van der Waals surface area contributed by atoms with Gasteiger partial charge in [-0.25, -0.2) is 19.3 Å². The Hall–Kier alpha value is -2.77. The minimum atomic E-state index is -0.461. The molecule has 3 aromatic rings. The number of rotatable bonds is 3. The van der Waals surface area contributed by atoms with Gasteiger partial charge in [-0.15, -0.1) is 0 Å². The number of hydrogen-bond acceptors (Lipinski definition) is 6. The molecule has 0 radical (unpaired) electrons. The number of nitrogens with two attached hydrogens (primary N) is 1. The van der Waals surface area contributed by atoms with Crippen molar-refractivity contribution in [1.29, 1.82) is 0 Å². The molecule has 108 valence electrons. The van der Waals surface area contributed by atoms with Crippen LogP contribution in [-0.2, 0) is 0 Å². The van der Waals surface area contributed by atoms with Gasteiger partial charge in [0.15, 0.2) is 5.82 Å². The van der Waals surface area contributed by atoms with Gasteiger partial charge in [0.1, 0.15) is 29.3 Å². The van der Waals surface area contributed by atoms with Crippen LogP contribution in [0.15, 0.2) is 24.8 Å². The molecular weight excluding hydrogens is 273 g/mol. The fraction of sp³-hybridized carbons (Fsp3) is 0.231. The molecule has 0 aliphatic rings. The summed E-state index contributed by atoms with van der Waals surface area (Å²) >= 11 is 0. The molecule has 0 aliphatic carbocycles. The number of pyridine rings is 1. The zero-order valence-corrected chi connectivity index (χ0v) is 11.6. The molecule has 0 aliphatic heterocycles. The Morgan fingerprint density at radius 3 is 2.81 bits per heavy atom. The second-order valence-electron chi connectivity index (χ2n) is 4.87. The number of nitrogens with zero attached hydrogens (tertiary/aromatic N) is 5. The maximum atomic E-state index is 13.8. The molecule has 3 N–H and O–H groups in total. The van der Waals surface area contributed by atoms with Crippen molar-refractivity contribution in [3.05, 3.63) is 30.6 Å². The highest BCUT2D eigenvalue weighted by Gasteiger charge is 2.14. The van der Waals surface area contributed by atoms with Crippen molar-refractivity contribution in [2.24, 2.45) is 0 Å². The molecule has 0 saturated carbocycles. The quantitative estimate of drug-likeness (QED) is 0.767. The van der Waals surface area contributed by atoms with E-state index in [-0.39, 0.29) is 11.6 Å². The van der Waals surface area contributed by atoms with Crippen LogP contribution < -0.4 is 11.1 Å². The first-order valence-electron chi connectivity index (χ1n) is 6.42. The van der Waals surface area contributed by atoms with Gasteiger partial charge >= 0.3 is 0 Å². The van der Waals surface area contributed by atoms with Crippen LogP contribution in [-0.4, -0.2) is 24.7 Å². The summed E-state index contributed by atoms with van der Waals surface area (Å²) in [5, 5.41) is 7.82. The van der Waals surface area contributed by atoms with Gasteiger partial charge in [-0.3, -0.25) is 4.68 Å². The lowest BCUT2D eigenvalue weighted by Gasteiger charge is -2.05. The lowest BCUT2D eigenvalue weighted by molar-refractivity contribution is 0.533. The van der Waals surface area contributed by atoms with Crippen molar-refractivity contribution in [1.82, 2.24) is 24.7 Å². The monoisotopic (exact) mass is 287 g/mol. The van der Waals surface area contributed by atoms with Gasteiger partial charge in [0, 0.05) is 18.3 Å². The van der Waals surface area contributed by atoms with Crippen molar-refractivity contribution in [2.45, 2.75) is 19.9 Å². The van der Waals surface area contributed by atoms with Gasteiger partial charge in [0.2, 0.25) is 0 Å². The molecule has 0 spiro atoms. The largest absolute Gasteiger partial charge is 0.384 e. The zero-order chi connectivity index (χ0) is 15.0. The number of halogens is 1. The van der Waals surface area contributed by atoms with Crippen molar-refractivity contribution >= 4 is 28.4 Å². The maximum absolute atomic E-state index is 13.8. The average molecular weight is 287 g/mol. The third-order valence-electron chi connectivity index (χ3n) is 2.98. The number of nitrogens with one attached hydrogen (secondary N) is 1. The minimum absolute atomic E-state index is 0.124. The third kappa shape index (κ3) is 2.47. The summed E-state index contributed by atoms with van der Waals surface area (Å²) < 4.78 is 15.5. The second-order valence-corrected chi connectivity index (χ2v) is 4.87. The molecule has 0 fully saturated rings. The van der Waals surface area contributed by atoms with Crippen molar-refractivity contribution in [3.8, 4) is 0 Å². The SMILES string of the molecule is CC(C)n1cc2c(Nc3cc(N)ncn3)ncc(F)c2n1. The number of fused-ring (bicyclic) bond motifs is 1. The molecule has 0 aromatic carbocycles. The number of hydrogen-bond donors (Lipinski definition) is 2. The molecule has 21 heavy (non-hydrogen) atoms. The molecule has 3 heterocycles. The molecule has 8 heteroatoms. The number of anilines is 3. The fourth-order valence-corrected chi connectivity index (χ4v) is 1.92. The first-order chi connectivity index (χ1) is 10.0. The van der Waals surface area contributed by atoms with E-state index in [0.29, 0.717) is 22.8 Å². The lowest BCUT2D eigenvalue weighted by Crippen LogP contribution is -2.00. The van der Waals surface area contributed by atoms with E-state index >= 15 is 0 Å². The van der Waals surface area contributed by atoms with E-state index in [2.05, 4.69) is 25.4 Å². The molecule has 3 rings (SSSR count). The molecule has 0 bridgehead atoms. The Kier molecular flexibility index (Phi) is 3.13. The molecular formula is C13H14FN7. The highest BCUT2D eigenvalue weighted by atomic mass is 19.1. The normalized spacial score (nSPS) is 11.2. The summed E-state index contributed by atoms with van der Waals surface area (Å²) in [5.74, 6) is 0.831. The Labute approximate surface area is 120 Å². The highest BCUT2D eigenvalue weighted by molar-refractivity contribution is 5.90. The third-order valence-corrected chi connectivity index (χ3v) is 2.98. The highest BCUT2D eigenvalue weighted by Crippen LogP contribution is 2.26. The number of nitrogen functional groups attached to an aromatic ring is 1. The van der Waals surface area contributed by atoms with Gasteiger partial charge in [-0.1, -0.05) is 0 Å². The Morgan fingerprint density at radius 2 is 2.10 bits per heavy atom. The van der Waals surface area contributed by atoms with Gasteiger partial charge in [-0.05, 0) is 13.8 Å². The maximum Gasteiger partial charge on any atom is 0.169 e.